The van der Waals surface area contributed by atoms with Crippen molar-refractivity contribution in [2.24, 2.45) is 0 Å². The van der Waals surface area contributed by atoms with Crippen molar-refractivity contribution in [3.05, 3.63) is 0 Å². The fourth-order valence-corrected chi connectivity index (χ4v) is 1.64. The third-order valence-corrected chi connectivity index (χ3v) is 3.86. The van der Waals surface area contributed by atoms with Crippen LogP contribution in [-0.4, -0.2) is 46.2 Å². The Labute approximate surface area is 104 Å². The van der Waals surface area contributed by atoms with Gasteiger partial charge in [-0.15, -0.1) is 0 Å². The average molecular weight is 242 g/mol. The first-order chi connectivity index (χ1) is 7.69. The molecule has 0 aromatic rings. The van der Waals surface area contributed by atoms with Crippen molar-refractivity contribution < 1.29 is 9.90 Å². The van der Waals surface area contributed by atoms with Gasteiger partial charge in [0.2, 0.25) is 5.91 Å². The molecule has 1 rings (SSSR count). The van der Waals surface area contributed by atoms with Gasteiger partial charge in [-0.3, -0.25) is 4.79 Å². The molecule has 0 bridgehead atoms. The highest BCUT2D eigenvalue weighted by Gasteiger charge is 2.36. The number of nitrogens with one attached hydrogen (secondary N) is 1. The summed E-state index contributed by atoms with van der Waals surface area (Å²) in [6.45, 7) is 10.4. The number of aliphatic hydroxyl groups is 1. The quantitative estimate of drug-likeness (QED) is 0.734. The van der Waals surface area contributed by atoms with Crippen LogP contribution in [0.3, 0.4) is 0 Å². The van der Waals surface area contributed by atoms with E-state index in [1.165, 1.54) is 0 Å². The van der Waals surface area contributed by atoms with Crippen LogP contribution in [-0.2, 0) is 4.79 Å². The number of carbonyl (C=O) groups is 1. The van der Waals surface area contributed by atoms with Crippen LogP contribution in [0.15, 0.2) is 0 Å². The summed E-state index contributed by atoms with van der Waals surface area (Å²) in [5.41, 5.74) is -1.34. The lowest BCUT2D eigenvalue weighted by Gasteiger charge is -2.38. The van der Waals surface area contributed by atoms with Crippen LogP contribution in [0.1, 0.15) is 47.5 Å². The van der Waals surface area contributed by atoms with Gasteiger partial charge >= 0.3 is 0 Å². The van der Waals surface area contributed by atoms with Gasteiger partial charge in [0.25, 0.3) is 0 Å². The molecule has 0 aliphatic heterocycles. The van der Waals surface area contributed by atoms with Gasteiger partial charge in [0.05, 0.1) is 12.1 Å². The Morgan fingerprint density at radius 1 is 1.35 bits per heavy atom. The first kappa shape index (κ1) is 14.5. The summed E-state index contributed by atoms with van der Waals surface area (Å²) >= 11 is 0. The van der Waals surface area contributed by atoms with Gasteiger partial charge in [0.15, 0.2) is 0 Å². The van der Waals surface area contributed by atoms with Gasteiger partial charge in [-0.25, -0.2) is 0 Å². The molecule has 100 valence electrons. The molecule has 4 nitrogen and oxygen atoms in total. The zero-order valence-electron chi connectivity index (χ0n) is 11.7. The minimum Gasteiger partial charge on any atom is -0.389 e. The van der Waals surface area contributed by atoms with E-state index in [0.29, 0.717) is 12.6 Å². The summed E-state index contributed by atoms with van der Waals surface area (Å²) in [6, 6.07) is 0.458. The van der Waals surface area contributed by atoms with Crippen molar-refractivity contribution in [1.82, 2.24) is 10.2 Å². The largest absolute Gasteiger partial charge is 0.389 e. The predicted molar refractivity (Wildman–Crippen MR) is 68.8 cm³/mol. The van der Waals surface area contributed by atoms with Crippen molar-refractivity contribution in [1.29, 1.82) is 0 Å². The van der Waals surface area contributed by atoms with Crippen LogP contribution in [0.5, 0.6) is 0 Å². The molecule has 0 radical (unpaired) electrons. The standard InChI is InChI=1S/C13H26N2O2/c1-6-15(10-7-8-10)11(16)9-14-12(2,3)13(4,5)17/h10,14,17H,6-9H2,1-5H3. The highest BCUT2D eigenvalue weighted by molar-refractivity contribution is 5.79. The van der Waals surface area contributed by atoms with E-state index < -0.39 is 11.1 Å². The summed E-state index contributed by atoms with van der Waals surface area (Å²) in [7, 11) is 0. The normalized spacial score (nSPS) is 17.1. The number of rotatable bonds is 6. The van der Waals surface area contributed by atoms with Gasteiger partial charge in [-0.05, 0) is 47.5 Å². The minimum atomic E-state index is -0.857. The molecule has 0 saturated heterocycles. The zero-order chi connectivity index (χ0) is 13.3. The van der Waals surface area contributed by atoms with E-state index in [2.05, 4.69) is 5.32 Å². The molecule has 1 aliphatic rings. The fourth-order valence-electron chi connectivity index (χ4n) is 1.64. The van der Waals surface area contributed by atoms with Gasteiger partial charge in [0, 0.05) is 18.1 Å². The van der Waals surface area contributed by atoms with E-state index in [0.717, 1.165) is 19.4 Å². The lowest BCUT2D eigenvalue weighted by atomic mass is 9.86. The lowest BCUT2D eigenvalue weighted by molar-refractivity contribution is -0.131. The monoisotopic (exact) mass is 242 g/mol. The molecule has 0 heterocycles. The van der Waals surface area contributed by atoms with E-state index >= 15 is 0 Å². The van der Waals surface area contributed by atoms with Crippen molar-refractivity contribution in [3.63, 3.8) is 0 Å². The van der Waals surface area contributed by atoms with Crippen LogP contribution < -0.4 is 5.32 Å². The second kappa shape index (κ2) is 4.94. The SMILES string of the molecule is CCN(C(=O)CNC(C)(C)C(C)(C)O)C1CC1. The molecule has 0 atom stereocenters. The fraction of sp³-hybridized carbons (Fsp3) is 0.923. The molecule has 17 heavy (non-hydrogen) atoms. The molecule has 2 N–H and O–H groups in total. The Morgan fingerprint density at radius 3 is 2.24 bits per heavy atom. The predicted octanol–water partition coefficient (Wildman–Crippen LogP) is 1.14. The Kier molecular flexibility index (Phi) is 4.20. The molecule has 1 saturated carbocycles. The molecule has 0 aromatic carbocycles. The van der Waals surface area contributed by atoms with E-state index in [4.69, 9.17) is 0 Å². The van der Waals surface area contributed by atoms with Crippen LogP contribution in [0.4, 0.5) is 0 Å². The van der Waals surface area contributed by atoms with Crippen LogP contribution in [0, 0.1) is 0 Å². The molecule has 4 heteroatoms. The summed E-state index contributed by atoms with van der Waals surface area (Å²) in [5, 5.41) is 13.1. The molecular weight excluding hydrogens is 216 g/mol. The summed E-state index contributed by atoms with van der Waals surface area (Å²) in [4.78, 5) is 13.9. The third-order valence-electron chi connectivity index (χ3n) is 3.86. The number of hydrogen-bond donors (Lipinski definition) is 2. The van der Waals surface area contributed by atoms with Crippen molar-refractivity contribution in [2.75, 3.05) is 13.1 Å². The van der Waals surface area contributed by atoms with Crippen LogP contribution >= 0.6 is 0 Å². The van der Waals surface area contributed by atoms with Crippen LogP contribution in [0.2, 0.25) is 0 Å². The Balaban J connectivity index is 2.47. The van der Waals surface area contributed by atoms with Crippen molar-refractivity contribution >= 4 is 5.91 Å². The Bertz CT molecular complexity index is 278. The highest BCUT2D eigenvalue weighted by Crippen LogP contribution is 2.26. The third kappa shape index (κ3) is 3.68. The molecule has 0 spiro atoms. The summed E-state index contributed by atoms with van der Waals surface area (Å²) in [5.74, 6) is 0.132. The maximum atomic E-state index is 12.0. The molecule has 0 unspecified atom stereocenters. The topological polar surface area (TPSA) is 52.6 Å². The summed E-state index contributed by atoms with van der Waals surface area (Å²) in [6.07, 6.45) is 2.27. The van der Waals surface area contributed by atoms with Crippen LogP contribution in [0.25, 0.3) is 0 Å². The smallest absolute Gasteiger partial charge is 0.236 e. The van der Waals surface area contributed by atoms with Crippen molar-refractivity contribution in [2.45, 2.75) is 64.6 Å². The Morgan fingerprint density at radius 2 is 1.88 bits per heavy atom. The van der Waals surface area contributed by atoms with E-state index in [9.17, 15) is 9.90 Å². The van der Waals surface area contributed by atoms with Gasteiger partial charge in [-0.2, -0.15) is 0 Å². The van der Waals surface area contributed by atoms with Gasteiger partial charge in [0.1, 0.15) is 0 Å². The lowest BCUT2D eigenvalue weighted by Crippen LogP contribution is -2.58. The molecular formula is C13H26N2O2. The molecule has 1 amide bonds. The maximum absolute atomic E-state index is 12.0. The average Bonchev–Trinajstić information content (AvgIpc) is 2.98. The molecule has 1 fully saturated rings. The summed E-state index contributed by atoms with van der Waals surface area (Å²) < 4.78 is 0. The van der Waals surface area contributed by atoms with Gasteiger partial charge in [-0.1, -0.05) is 0 Å². The molecule has 1 aliphatic carbocycles. The van der Waals surface area contributed by atoms with Crippen molar-refractivity contribution in [3.8, 4) is 0 Å². The second-order valence-electron chi connectivity index (χ2n) is 5.95. The number of hydrogen-bond acceptors (Lipinski definition) is 3. The highest BCUT2D eigenvalue weighted by atomic mass is 16.3. The number of carbonyl (C=O) groups excluding carboxylic acids is 1. The van der Waals surface area contributed by atoms with E-state index in [1.807, 2.05) is 25.7 Å². The van der Waals surface area contributed by atoms with Gasteiger partial charge < -0.3 is 15.3 Å². The number of amides is 1. The first-order valence-electron chi connectivity index (χ1n) is 6.46. The van der Waals surface area contributed by atoms with E-state index in [-0.39, 0.29) is 5.91 Å². The number of nitrogens with zero attached hydrogens (tertiary/aromatic N) is 1. The molecule has 0 aromatic heterocycles. The first-order valence-corrected chi connectivity index (χ1v) is 6.46. The second-order valence-corrected chi connectivity index (χ2v) is 5.95. The number of likely N-dealkylation sites (N-methyl/N-ethyl adjacent to an activating group) is 1. The zero-order valence-corrected chi connectivity index (χ0v) is 11.7. The van der Waals surface area contributed by atoms with E-state index in [1.54, 1.807) is 13.8 Å². The minimum absolute atomic E-state index is 0.132. The maximum Gasteiger partial charge on any atom is 0.236 e. The Hall–Kier alpha value is -0.610.